The highest BCUT2D eigenvalue weighted by atomic mass is 19.1. The summed E-state index contributed by atoms with van der Waals surface area (Å²) in [6.07, 6.45) is -0.0320. The standard InChI is InChI=1S/C11H14FNO3/c12-8-3-5-9(6-4-8)16-10(11(14)15)2-1-7-13/h3-6,10H,1-2,7,13H2,(H,14,15). The topological polar surface area (TPSA) is 72.5 Å². The second-order valence-electron chi connectivity index (χ2n) is 3.33. The van der Waals surface area contributed by atoms with Crippen molar-refractivity contribution in [1.82, 2.24) is 0 Å². The van der Waals surface area contributed by atoms with Crippen molar-refractivity contribution in [3.8, 4) is 5.75 Å². The molecule has 3 N–H and O–H groups in total. The molecule has 0 amide bonds. The van der Waals surface area contributed by atoms with Crippen molar-refractivity contribution in [3.63, 3.8) is 0 Å². The summed E-state index contributed by atoms with van der Waals surface area (Å²) < 4.78 is 17.8. The van der Waals surface area contributed by atoms with Crippen LogP contribution in [-0.4, -0.2) is 23.7 Å². The van der Waals surface area contributed by atoms with Gasteiger partial charge < -0.3 is 15.6 Å². The molecule has 0 bridgehead atoms. The molecule has 1 unspecified atom stereocenters. The van der Waals surface area contributed by atoms with Crippen molar-refractivity contribution in [2.24, 2.45) is 5.73 Å². The molecule has 0 radical (unpaired) electrons. The molecule has 0 aliphatic carbocycles. The molecule has 0 spiro atoms. The Hall–Kier alpha value is -1.62. The fraction of sp³-hybridized carbons (Fsp3) is 0.364. The SMILES string of the molecule is NCCCC(Oc1ccc(F)cc1)C(=O)O. The van der Waals surface area contributed by atoms with E-state index in [0.29, 0.717) is 25.1 Å². The normalized spacial score (nSPS) is 12.1. The minimum absolute atomic E-state index is 0.337. The lowest BCUT2D eigenvalue weighted by atomic mass is 10.2. The van der Waals surface area contributed by atoms with Gasteiger partial charge in [0, 0.05) is 0 Å². The summed E-state index contributed by atoms with van der Waals surface area (Å²) in [4.78, 5) is 10.8. The van der Waals surface area contributed by atoms with Crippen molar-refractivity contribution in [2.45, 2.75) is 18.9 Å². The molecule has 1 aromatic rings. The molecule has 0 saturated heterocycles. The minimum atomic E-state index is -1.04. The predicted octanol–water partition coefficient (Wildman–Crippen LogP) is 1.40. The second kappa shape index (κ2) is 6.07. The molecule has 0 fully saturated rings. The van der Waals surface area contributed by atoms with Gasteiger partial charge in [0.05, 0.1) is 0 Å². The van der Waals surface area contributed by atoms with Gasteiger partial charge in [0.15, 0.2) is 6.10 Å². The maximum atomic E-state index is 12.6. The van der Waals surface area contributed by atoms with E-state index in [1.54, 1.807) is 0 Å². The predicted molar refractivity (Wildman–Crippen MR) is 56.7 cm³/mol. The highest BCUT2D eigenvalue weighted by Gasteiger charge is 2.18. The molecule has 4 nitrogen and oxygen atoms in total. The molecule has 1 rings (SSSR count). The van der Waals surface area contributed by atoms with E-state index in [9.17, 15) is 9.18 Å². The van der Waals surface area contributed by atoms with E-state index in [4.69, 9.17) is 15.6 Å². The molecular weight excluding hydrogens is 213 g/mol. The summed E-state index contributed by atoms with van der Waals surface area (Å²) in [6, 6.07) is 5.23. The van der Waals surface area contributed by atoms with E-state index in [1.807, 2.05) is 0 Å². The number of ether oxygens (including phenoxy) is 1. The van der Waals surface area contributed by atoms with Crippen molar-refractivity contribution >= 4 is 5.97 Å². The van der Waals surface area contributed by atoms with Crippen molar-refractivity contribution in [3.05, 3.63) is 30.1 Å². The zero-order valence-corrected chi connectivity index (χ0v) is 8.73. The number of benzene rings is 1. The van der Waals surface area contributed by atoms with Gasteiger partial charge in [0.2, 0.25) is 0 Å². The molecule has 0 heterocycles. The van der Waals surface area contributed by atoms with Crippen LogP contribution in [0.5, 0.6) is 5.75 Å². The number of rotatable bonds is 6. The Morgan fingerprint density at radius 3 is 2.56 bits per heavy atom. The largest absolute Gasteiger partial charge is 0.479 e. The number of carboxylic acid groups (broad SMARTS) is 1. The van der Waals surface area contributed by atoms with Crippen LogP contribution >= 0.6 is 0 Å². The summed E-state index contributed by atoms with van der Waals surface area (Å²) in [7, 11) is 0. The highest BCUT2D eigenvalue weighted by Crippen LogP contribution is 2.15. The van der Waals surface area contributed by atoms with Crippen LogP contribution in [0.4, 0.5) is 4.39 Å². The molecule has 1 aromatic carbocycles. The monoisotopic (exact) mass is 227 g/mol. The van der Waals surface area contributed by atoms with Gasteiger partial charge in [-0.3, -0.25) is 0 Å². The first kappa shape index (κ1) is 12.4. The highest BCUT2D eigenvalue weighted by molar-refractivity contribution is 5.72. The van der Waals surface area contributed by atoms with E-state index >= 15 is 0 Å². The zero-order chi connectivity index (χ0) is 12.0. The molecule has 0 aromatic heterocycles. The number of hydrogen-bond donors (Lipinski definition) is 2. The summed E-state index contributed by atoms with van der Waals surface area (Å²) in [5.74, 6) is -1.09. The fourth-order valence-electron chi connectivity index (χ4n) is 1.21. The number of nitrogens with two attached hydrogens (primary N) is 1. The minimum Gasteiger partial charge on any atom is -0.479 e. The van der Waals surface area contributed by atoms with Crippen LogP contribution in [0.1, 0.15) is 12.8 Å². The maximum absolute atomic E-state index is 12.6. The van der Waals surface area contributed by atoms with Crippen LogP contribution in [0.15, 0.2) is 24.3 Å². The first-order chi connectivity index (χ1) is 7.63. The third kappa shape index (κ3) is 3.86. The van der Waals surface area contributed by atoms with Gasteiger partial charge >= 0.3 is 5.97 Å². The summed E-state index contributed by atoms with van der Waals surface area (Å²) in [5.41, 5.74) is 5.29. The summed E-state index contributed by atoms with van der Waals surface area (Å²) >= 11 is 0. The van der Waals surface area contributed by atoms with Gasteiger partial charge in [-0.15, -0.1) is 0 Å². The van der Waals surface area contributed by atoms with E-state index in [2.05, 4.69) is 0 Å². The number of carbonyl (C=O) groups is 1. The molecule has 0 aliphatic rings. The molecule has 88 valence electrons. The second-order valence-corrected chi connectivity index (χ2v) is 3.33. The van der Waals surface area contributed by atoms with E-state index < -0.39 is 12.1 Å². The van der Waals surface area contributed by atoms with Gasteiger partial charge in [0.25, 0.3) is 0 Å². The zero-order valence-electron chi connectivity index (χ0n) is 8.73. The average Bonchev–Trinajstić information content (AvgIpc) is 2.26. The third-order valence-corrected chi connectivity index (χ3v) is 2.04. The van der Waals surface area contributed by atoms with Gasteiger partial charge in [-0.25, -0.2) is 9.18 Å². The summed E-state index contributed by atoms with van der Waals surface area (Å²) in [6.45, 7) is 0.413. The molecule has 5 heteroatoms. The van der Waals surface area contributed by atoms with Gasteiger partial charge in [-0.1, -0.05) is 0 Å². The third-order valence-electron chi connectivity index (χ3n) is 2.04. The molecular formula is C11H14FNO3. The van der Waals surface area contributed by atoms with Crippen molar-refractivity contribution in [1.29, 1.82) is 0 Å². The lowest BCUT2D eigenvalue weighted by Gasteiger charge is -2.14. The van der Waals surface area contributed by atoms with E-state index in [1.165, 1.54) is 24.3 Å². The average molecular weight is 227 g/mol. The van der Waals surface area contributed by atoms with Crippen LogP contribution in [0, 0.1) is 5.82 Å². The first-order valence-corrected chi connectivity index (χ1v) is 4.98. The van der Waals surface area contributed by atoms with Crippen molar-refractivity contribution < 1.29 is 19.0 Å². The Morgan fingerprint density at radius 1 is 1.44 bits per heavy atom. The first-order valence-electron chi connectivity index (χ1n) is 4.98. The van der Waals surface area contributed by atoms with Crippen molar-refractivity contribution in [2.75, 3.05) is 6.54 Å². The Kier molecular flexibility index (Phi) is 4.72. The maximum Gasteiger partial charge on any atom is 0.344 e. The van der Waals surface area contributed by atoms with Gasteiger partial charge in [0.1, 0.15) is 11.6 Å². The van der Waals surface area contributed by atoms with Crippen LogP contribution < -0.4 is 10.5 Å². The molecule has 1 atom stereocenters. The van der Waals surface area contributed by atoms with E-state index in [-0.39, 0.29) is 5.82 Å². The number of halogens is 1. The Bertz CT molecular complexity index is 340. The van der Waals surface area contributed by atoms with Crippen LogP contribution in [0.3, 0.4) is 0 Å². The molecule has 16 heavy (non-hydrogen) atoms. The lowest BCUT2D eigenvalue weighted by Crippen LogP contribution is -2.27. The van der Waals surface area contributed by atoms with Gasteiger partial charge in [-0.2, -0.15) is 0 Å². The number of aliphatic carboxylic acids is 1. The fourth-order valence-corrected chi connectivity index (χ4v) is 1.21. The Morgan fingerprint density at radius 2 is 2.06 bits per heavy atom. The number of hydrogen-bond acceptors (Lipinski definition) is 3. The Balaban J connectivity index is 2.60. The quantitative estimate of drug-likeness (QED) is 0.770. The van der Waals surface area contributed by atoms with Gasteiger partial charge in [-0.05, 0) is 43.7 Å². The summed E-state index contributed by atoms with van der Waals surface area (Å²) in [5, 5.41) is 8.88. The Labute approximate surface area is 92.8 Å². The molecule has 0 aliphatic heterocycles. The van der Waals surface area contributed by atoms with E-state index in [0.717, 1.165) is 0 Å². The molecule has 0 saturated carbocycles. The smallest absolute Gasteiger partial charge is 0.344 e. The van der Waals surface area contributed by atoms with Crippen LogP contribution in [0.25, 0.3) is 0 Å². The van der Waals surface area contributed by atoms with Crippen LogP contribution in [0.2, 0.25) is 0 Å². The lowest BCUT2D eigenvalue weighted by molar-refractivity contribution is -0.145. The number of carboxylic acids is 1. The van der Waals surface area contributed by atoms with Crippen LogP contribution in [-0.2, 0) is 4.79 Å².